The minimum Gasteiger partial charge on any atom is -0.395 e. The van der Waals surface area contributed by atoms with Crippen molar-refractivity contribution in [2.75, 3.05) is 41.5 Å². The molecule has 40 heavy (non-hydrogen) atoms. The highest BCUT2D eigenvalue weighted by Crippen LogP contribution is 2.39. The number of halogens is 2. The zero-order valence-corrected chi connectivity index (χ0v) is 22.7. The van der Waals surface area contributed by atoms with Crippen molar-refractivity contribution in [3.05, 3.63) is 75.7 Å². The number of carbonyl (C=O) groups excluding carboxylic acids is 1. The molecule has 1 aliphatic heterocycles. The second-order valence-corrected chi connectivity index (χ2v) is 9.79. The first kappa shape index (κ1) is 28.8. The average Bonchev–Trinajstić information content (AvgIpc) is 3.38. The van der Waals surface area contributed by atoms with Gasteiger partial charge in [0.25, 0.3) is 11.5 Å². The number of aromatic nitrogens is 2. The second-order valence-electron chi connectivity index (χ2n) is 9.79. The monoisotopic (exact) mass is 553 g/mol. The molecule has 1 atom stereocenters. The Morgan fingerprint density at radius 2 is 1.93 bits per heavy atom. The van der Waals surface area contributed by atoms with Crippen LogP contribution in [-0.4, -0.2) is 65.8 Å². The quantitative estimate of drug-likeness (QED) is 0.261. The van der Waals surface area contributed by atoms with Crippen LogP contribution in [0.4, 0.5) is 25.8 Å². The van der Waals surface area contributed by atoms with Gasteiger partial charge in [-0.05, 0) is 63.1 Å². The molecule has 0 bridgehead atoms. The van der Waals surface area contributed by atoms with Gasteiger partial charge >= 0.3 is 0 Å². The number of anilines is 3. The maximum atomic E-state index is 14.4. The third kappa shape index (κ3) is 5.87. The fourth-order valence-corrected chi connectivity index (χ4v) is 4.93. The van der Waals surface area contributed by atoms with Gasteiger partial charge in [0.2, 0.25) is 0 Å². The summed E-state index contributed by atoms with van der Waals surface area (Å²) in [5.41, 5.74) is 1.33. The molecule has 3 aromatic rings. The third-order valence-electron chi connectivity index (χ3n) is 6.77. The molecular weight excluding hydrogens is 520 g/mol. The number of carbonyl (C=O) groups is 1. The average molecular weight is 554 g/mol. The van der Waals surface area contributed by atoms with Gasteiger partial charge in [-0.1, -0.05) is 6.07 Å². The Labute approximate surface area is 230 Å². The predicted molar refractivity (Wildman–Crippen MR) is 152 cm³/mol. The first-order valence-corrected chi connectivity index (χ1v) is 13.0. The lowest BCUT2D eigenvalue weighted by atomic mass is 10.1. The maximum absolute atomic E-state index is 14.4. The van der Waals surface area contributed by atoms with E-state index in [9.17, 15) is 23.5 Å². The first-order valence-electron chi connectivity index (χ1n) is 13.0. The Bertz CT molecular complexity index is 1440. The molecule has 0 saturated carbocycles. The summed E-state index contributed by atoms with van der Waals surface area (Å²) in [4.78, 5) is 27.9. The van der Waals surface area contributed by atoms with E-state index in [1.165, 1.54) is 12.1 Å². The van der Waals surface area contributed by atoms with Crippen LogP contribution in [0.1, 0.15) is 36.3 Å². The molecule has 0 radical (unpaired) electrons. The molecule has 0 spiro atoms. The van der Waals surface area contributed by atoms with E-state index in [-0.39, 0.29) is 24.4 Å². The van der Waals surface area contributed by atoms with E-state index >= 15 is 0 Å². The zero-order chi connectivity index (χ0) is 29.0. The molecular formula is C28H33F2N7O3. The summed E-state index contributed by atoms with van der Waals surface area (Å²) in [6.45, 7) is 11.5. The Morgan fingerprint density at radius 1 is 1.20 bits per heavy atom. The molecule has 1 aliphatic rings. The minimum absolute atomic E-state index is 0.0334. The van der Waals surface area contributed by atoms with Crippen LogP contribution in [0.3, 0.4) is 0 Å². The summed E-state index contributed by atoms with van der Waals surface area (Å²) in [6, 6.07) is 9.22. The van der Waals surface area contributed by atoms with E-state index in [1.807, 2.05) is 26.8 Å². The molecule has 12 heteroatoms. The van der Waals surface area contributed by atoms with Crippen molar-refractivity contribution in [1.82, 2.24) is 15.1 Å². The summed E-state index contributed by atoms with van der Waals surface area (Å²) in [6.07, 6.45) is 0.839. The number of hydrogen-bond donors (Lipinski definition) is 3. The normalized spacial score (nSPS) is 15.0. The number of amides is 1. The number of rotatable bonds is 10. The molecule has 1 fully saturated rings. The van der Waals surface area contributed by atoms with Gasteiger partial charge in [-0.2, -0.15) is 14.9 Å². The molecule has 0 unspecified atom stereocenters. The number of nitrogens with zero attached hydrogens (tertiary/aromatic N) is 5. The van der Waals surface area contributed by atoms with E-state index in [0.717, 1.165) is 41.6 Å². The summed E-state index contributed by atoms with van der Waals surface area (Å²) in [5.74, 6) is -2.62. The third-order valence-corrected chi connectivity index (χ3v) is 6.77. The topological polar surface area (TPSA) is 115 Å². The molecule has 10 nitrogen and oxygen atoms in total. The van der Waals surface area contributed by atoms with Gasteiger partial charge in [-0.25, -0.2) is 8.78 Å². The lowest BCUT2D eigenvalue weighted by Gasteiger charge is -2.30. The van der Waals surface area contributed by atoms with Crippen LogP contribution in [0.25, 0.3) is 5.69 Å². The van der Waals surface area contributed by atoms with Crippen molar-refractivity contribution in [3.63, 3.8) is 0 Å². The lowest BCUT2D eigenvalue weighted by Crippen LogP contribution is -2.35. The summed E-state index contributed by atoms with van der Waals surface area (Å²) >= 11 is 0. The predicted octanol–water partition coefficient (Wildman–Crippen LogP) is 3.06. The van der Waals surface area contributed by atoms with E-state index in [1.54, 1.807) is 11.1 Å². The van der Waals surface area contributed by atoms with Gasteiger partial charge < -0.3 is 20.6 Å². The SMILES string of the molecule is C=NN(c1ccc(NC(=O)c2ccc(=O)n(-c3c(F)cccc3F)n2)c(N2CC[C@@H](NCCO)C2)c1C)C(C)C. The second kappa shape index (κ2) is 12.3. The number of para-hydroxylation sites is 1. The molecule has 1 aromatic heterocycles. The van der Waals surface area contributed by atoms with E-state index in [2.05, 4.69) is 32.5 Å². The van der Waals surface area contributed by atoms with Crippen LogP contribution in [0, 0.1) is 18.6 Å². The fraction of sp³-hybridized carbons (Fsp3) is 0.357. The summed E-state index contributed by atoms with van der Waals surface area (Å²) < 4.78 is 29.3. The Kier molecular flexibility index (Phi) is 8.90. The molecule has 4 rings (SSSR count). The van der Waals surface area contributed by atoms with Crippen molar-refractivity contribution < 1.29 is 18.7 Å². The van der Waals surface area contributed by atoms with E-state index in [0.29, 0.717) is 30.0 Å². The number of hydrazone groups is 1. The lowest BCUT2D eigenvalue weighted by molar-refractivity contribution is 0.102. The van der Waals surface area contributed by atoms with Gasteiger partial charge in [0.1, 0.15) is 11.4 Å². The van der Waals surface area contributed by atoms with E-state index < -0.39 is 28.8 Å². The maximum Gasteiger partial charge on any atom is 0.276 e. The van der Waals surface area contributed by atoms with Gasteiger partial charge in [0.05, 0.1) is 23.7 Å². The van der Waals surface area contributed by atoms with Crippen molar-refractivity contribution in [1.29, 1.82) is 0 Å². The largest absolute Gasteiger partial charge is 0.395 e. The molecule has 1 saturated heterocycles. The molecule has 2 heterocycles. The summed E-state index contributed by atoms with van der Waals surface area (Å²) in [5, 5.41) is 25.3. The van der Waals surface area contributed by atoms with Gasteiger partial charge in [0, 0.05) is 44.5 Å². The standard InChI is InChI=1S/C28H33F2N7O3/c1-17(2)36(31-4)24-10-8-22(26(18(24)3)35-14-12-19(16-35)32-13-15-38)33-28(40)23-9-11-25(39)37(34-23)27-20(29)6-5-7-21(27)30/h5-11,17,19,32,38H,4,12-16H2,1-3H3,(H,33,40)/t19-/m1/s1. The molecule has 1 amide bonds. The van der Waals surface area contributed by atoms with Crippen LogP contribution >= 0.6 is 0 Å². The zero-order valence-electron chi connectivity index (χ0n) is 22.7. The Balaban J connectivity index is 1.72. The van der Waals surface area contributed by atoms with Gasteiger partial charge in [0.15, 0.2) is 11.6 Å². The molecule has 0 aliphatic carbocycles. The molecule has 3 N–H and O–H groups in total. The Morgan fingerprint density at radius 3 is 2.58 bits per heavy atom. The van der Waals surface area contributed by atoms with Crippen LogP contribution < -0.4 is 26.1 Å². The highest BCUT2D eigenvalue weighted by molar-refractivity contribution is 6.05. The van der Waals surface area contributed by atoms with Crippen molar-refractivity contribution in [2.45, 2.75) is 39.3 Å². The highest BCUT2D eigenvalue weighted by atomic mass is 19.1. The number of hydrogen-bond acceptors (Lipinski definition) is 8. The molecule has 2 aromatic carbocycles. The van der Waals surface area contributed by atoms with Crippen molar-refractivity contribution in [2.24, 2.45) is 5.10 Å². The Hall–Kier alpha value is -4.16. The van der Waals surface area contributed by atoms with Crippen molar-refractivity contribution in [3.8, 4) is 5.69 Å². The highest BCUT2D eigenvalue weighted by Gasteiger charge is 2.28. The van der Waals surface area contributed by atoms with Crippen LogP contribution in [0.15, 0.2) is 52.4 Å². The first-order chi connectivity index (χ1) is 19.2. The van der Waals surface area contributed by atoms with Crippen LogP contribution in [-0.2, 0) is 0 Å². The van der Waals surface area contributed by atoms with Crippen LogP contribution in [0.5, 0.6) is 0 Å². The minimum atomic E-state index is -0.982. The van der Waals surface area contributed by atoms with Gasteiger partial charge in [-0.15, -0.1) is 0 Å². The summed E-state index contributed by atoms with van der Waals surface area (Å²) in [7, 11) is 0. The number of aliphatic hydroxyl groups excluding tert-OH is 1. The number of benzene rings is 2. The van der Waals surface area contributed by atoms with Crippen LogP contribution in [0.2, 0.25) is 0 Å². The number of aliphatic hydroxyl groups is 1. The fourth-order valence-electron chi connectivity index (χ4n) is 4.93. The van der Waals surface area contributed by atoms with Gasteiger partial charge in [-0.3, -0.25) is 14.6 Å². The van der Waals surface area contributed by atoms with Crippen molar-refractivity contribution >= 4 is 29.7 Å². The number of nitrogens with one attached hydrogen (secondary N) is 2. The smallest absolute Gasteiger partial charge is 0.276 e. The molecule has 212 valence electrons. The van der Waals surface area contributed by atoms with E-state index in [4.69, 9.17) is 0 Å².